The van der Waals surface area contributed by atoms with Crippen molar-refractivity contribution in [2.24, 2.45) is 4.99 Å². The molecular weight excluding hydrogens is 357 g/mol. The highest BCUT2D eigenvalue weighted by atomic mass is 19.1. The van der Waals surface area contributed by atoms with Crippen molar-refractivity contribution in [1.29, 1.82) is 0 Å². The van der Waals surface area contributed by atoms with E-state index in [9.17, 15) is 4.39 Å². The van der Waals surface area contributed by atoms with Crippen LogP contribution in [0.15, 0.2) is 46.0 Å². The molecule has 0 aliphatic carbocycles. The molecule has 1 aromatic carbocycles. The molecule has 152 valence electrons. The van der Waals surface area contributed by atoms with Crippen LogP contribution in [0.3, 0.4) is 0 Å². The summed E-state index contributed by atoms with van der Waals surface area (Å²) in [7, 11) is 1.72. The number of likely N-dealkylation sites (N-methyl/N-ethyl adjacent to an activating group) is 1. The molecule has 1 saturated heterocycles. The number of nitrogens with one attached hydrogen (secondary N) is 2. The maximum absolute atomic E-state index is 14.6. The molecule has 0 radical (unpaired) electrons. The first kappa shape index (κ1) is 20.2. The summed E-state index contributed by atoms with van der Waals surface area (Å²) < 4.78 is 20.0. The molecule has 2 N–H and O–H groups in total. The number of furan rings is 1. The van der Waals surface area contributed by atoms with E-state index in [0.717, 1.165) is 50.5 Å². The Bertz CT molecular complexity index is 754. The monoisotopic (exact) mass is 387 g/mol. The van der Waals surface area contributed by atoms with E-state index in [-0.39, 0.29) is 5.82 Å². The lowest BCUT2D eigenvalue weighted by Gasteiger charge is -2.35. The second-order valence-electron chi connectivity index (χ2n) is 6.89. The van der Waals surface area contributed by atoms with Gasteiger partial charge in [0.05, 0.1) is 12.0 Å². The van der Waals surface area contributed by atoms with Crippen LogP contribution < -0.4 is 15.5 Å². The Hall–Kier alpha value is -2.54. The zero-order chi connectivity index (χ0) is 19.8. The van der Waals surface area contributed by atoms with E-state index in [2.05, 4.69) is 32.3 Å². The zero-order valence-electron chi connectivity index (χ0n) is 16.7. The second-order valence-corrected chi connectivity index (χ2v) is 6.89. The predicted octanol–water partition coefficient (Wildman–Crippen LogP) is 2.47. The molecule has 1 aliphatic heterocycles. The number of nitrogens with zero attached hydrogens (tertiary/aromatic N) is 3. The maximum Gasteiger partial charge on any atom is 0.191 e. The fraction of sp³-hybridized carbons (Fsp3) is 0.476. The van der Waals surface area contributed by atoms with Crippen molar-refractivity contribution < 1.29 is 8.81 Å². The SMILES string of the molecule is CCN1CCN(c2ccc(CNC(=NC)NCCc3ccco3)cc2F)CC1. The first-order chi connectivity index (χ1) is 13.7. The predicted molar refractivity (Wildman–Crippen MR) is 111 cm³/mol. The van der Waals surface area contributed by atoms with Gasteiger partial charge in [0, 0.05) is 52.7 Å². The van der Waals surface area contributed by atoms with Gasteiger partial charge in [0.25, 0.3) is 0 Å². The average molecular weight is 388 g/mol. The number of hydrogen-bond donors (Lipinski definition) is 2. The van der Waals surface area contributed by atoms with Gasteiger partial charge in [0.1, 0.15) is 11.6 Å². The zero-order valence-corrected chi connectivity index (χ0v) is 16.7. The van der Waals surface area contributed by atoms with Crippen LogP contribution in [0.1, 0.15) is 18.2 Å². The Morgan fingerprint density at radius 3 is 2.64 bits per heavy atom. The van der Waals surface area contributed by atoms with Gasteiger partial charge in [-0.25, -0.2) is 4.39 Å². The molecule has 28 heavy (non-hydrogen) atoms. The van der Waals surface area contributed by atoms with Gasteiger partial charge in [0.15, 0.2) is 5.96 Å². The van der Waals surface area contributed by atoms with Crippen LogP contribution in [0.5, 0.6) is 0 Å². The summed E-state index contributed by atoms with van der Waals surface area (Å²) in [6, 6.07) is 9.31. The molecule has 0 spiro atoms. The lowest BCUT2D eigenvalue weighted by molar-refractivity contribution is 0.270. The van der Waals surface area contributed by atoms with Gasteiger partial charge in [-0.1, -0.05) is 13.0 Å². The van der Waals surface area contributed by atoms with Crippen LogP contribution in [-0.4, -0.2) is 57.2 Å². The van der Waals surface area contributed by atoms with Gasteiger partial charge in [0.2, 0.25) is 0 Å². The molecule has 1 fully saturated rings. The molecular formula is C21H30FN5O. The van der Waals surface area contributed by atoms with Gasteiger partial charge in [-0.05, 0) is 36.4 Å². The van der Waals surface area contributed by atoms with Gasteiger partial charge in [-0.2, -0.15) is 0 Å². The van der Waals surface area contributed by atoms with Crippen molar-refractivity contribution in [3.8, 4) is 0 Å². The largest absolute Gasteiger partial charge is 0.469 e. The van der Waals surface area contributed by atoms with E-state index in [4.69, 9.17) is 4.42 Å². The highest BCUT2D eigenvalue weighted by Gasteiger charge is 2.18. The van der Waals surface area contributed by atoms with E-state index in [1.807, 2.05) is 24.3 Å². The Morgan fingerprint density at radius 2 is 2.00 bits per heavy atom. The Kier molecular flexibility index (Phi) is 7.31. The van der Waals surface area contributed by atoms with E-state index in [1.54, 1.807) is 19.4 Å². The van der Waals surface area contributed by atoms with E-state index in [0.29, 0.717) is 24.7 Å². The van der Waals surface area contributed by atoms with Gasteiger partial charge in [-0.15, -0.1) is 0 Å². The summed E-state index contributed by atoms with van der Waals surface area (Å²) in [6.07, 6.45) is 2.45. The molecule has 0 unspecified atom stereocenters. The summed E-state index contributed by atoms with van der Waals surface area (Å²) in [5, 5.41) is 6.46. The van der Waals surface area contributed by atoms with Crippen molar-refractivity contribution in [3.05, 3.63) is 53.7 Å². The third-order valence-electron chi connectivity index (χ3n) is 5.10. The molecule has 0 amide bonds. The van der Waals surface area contributed by atoms with Crippen molar-refractivity contribution in [2.75, 3.05) is 51.2 Å². The van der Waals surface area contributed by atoms with E-state index < -0.39 is 0 Å². The molecule has 7 heteroatoms. The fourth-order valence-corrected chi connectivity index (χ4v) is 3.39. The Labute approximate surface area is 166 Å². The number of benzene rings is 1. The molecule has 1 aromatic heterocycles. The van der Waals surface area contributed by atoms with Crippen LogP contribution in [0.4, 0.5) is 10.1 Å². The minimum absolute atomic E-state index is 0.162. The minimum atomic E-state index is -0.162. The molecule has 1 aliphatic rings. The van der Waals surface area contributed by atoms with Crippen LogP contribution >= 0.6 is 0 Å². The van der Waals surface area contributed by atoms with Crippen LogP contribution in [0.25, 0.3) is 0 Å². The number of halogens is 1. The lowest BCUT2D eigenvalue weighted by atomic mass is 10.1. The molecule has 0 saturated carbocycles. The number of anilines is 1. The van der Waals surface area contributed by atoms with E-state index in [1.165, 1.54) is 0 Å². The Morgan fingerprint density at radius 1 is 1.18 bits per heavy atom. The summed E-state index contributed by atoms with van der Waals surface area (Å²) in [5.74, 6) is 1.46. The van der Waals surface area contributed by atoms with Crippen molar-refractivity contribution in [3.63, 3.8) is 0 Å². The van der Waals surface area contributed by atoms with Crippen LogP contribution in [-0.2, 0) is 13.0 Å². The molecule has 3 rings (SSSR count). The number of guanidine groups is 1. The number of aliphatic imine (C=N–C) groups is 1. The summed E-state index contributed by atoms with van der Waals surface area (Å²) >= 11 is 0. The minimum Gasteiger partial charge on any atom is -0.469 e. The lowest BCUT2D eigenvalue weighted by Crippen LogP contribution is -2.46. The Balaban J connectivity index is 1.48. The van der Waals surface area contributed by atoms with Crippen molar-refractivity contribution >= 4 is 11.6 Å². The van der Waals surface area contributed by atoms with Gasteiger partial charge in [-0.3, -0.25) is 4.99 Å². The second kappa shape index (κ2) is 10.1. The molecule has 2 heterocycles. The van der Waals surface area contributed by atoms with Crippen molar-refractivity contribution in [2.45, 2.75) is 19.9 Å². The van der Waals surface area contributed by atoms with Gasteiger partial charge >= 0.3 is 0 Å². The topological polar surface area (TPSA) is 56.0 Å². The number of rotatable bonds is 7. The first-order valence-corrected chi connectivity index (χ1v) is 9.92. The number of piperazine rings is 1. The first-order valence-electron chi connectivity index (χ1n) is 9.92. The van der Waals surface area contributed by atoms with Gasteiger partial charge < -0.3 is 24.9 Å². The third-order valence-corrected chi connectivity index (χ3v) is 5.10. The standard InChI is InChI=1S/C21H30FN5O/c1-3-26-10-12-27(13-11-26)20-7-6-17(15-19(20)22)16-25-21(23-2)24-9-8-18-5-4-14-28-18/h4-7,14-15H,3,8-13,16H2,1-2H3,(H2,23,24,25). The van der Waals surface area contributed by atoms with E-state index >= 15 is 0 Å². The molecule has 2 aromatic rings. The third kappa shape index (κ3) is 5.48. The maximum atomic E-state index is 14.6. The smallest absolute Gasteiger partial charge is 0.191 e. The molecule has 6 nitrogen and oxygen atoms in total. The highest BCUT2D eigenvalue weighted by Crippen LogP contribution is 2.22. The molecule has 0 atom stereocenters. The van der Waals surface area contributed by atoms with Crippen LogP contribution in [0.2, 0.25) is 0 Å². The summed E-state index contributed by atoms with van der Waals surface area (Å²) in [4.78, 5) is 8.73. The fourth-order valence-electron chi connectivity index (χ4n) is 3.39. The number of hydrogen-bond acceptors (Lipinski definition) is 4. The van der Waals surface area contributed by atoms with Crippen LogP contribution in [0, 0.1) is 5.82 Å². The quantitative estimate of drug-likeness (QED) is 0.565. The highest BCUT2D eigenvalue weighted by molar-refractivity contribution is 5.79. The summed E-state index contributed by atoms with van der Waals surface area (Å²) in [6.45, 7) is 8.16. The normalized spacial score (nSPS) is 15.7. The average Bonchev–Trinajstić information content (AvgIpc) is 3.24. The molecule has 0 bridgehead atoms. The van der Waals surface area contributed by atoms with Crippen molar-refractivity contribution in [1.82, 2.24) is 15.5 Å². The summed E-state index contributed by atoms with van der Waals surface area (Å²) in [5.41, 5.74) is 1.59.